The highest BCUT2D eigenvalue weighted by atomic mass is 35.5. The molecule has 3 aliphatic heterocycles. The second kappa shape index (κ2) is 9.23. The molecule has 3 aliphatic rings. The molecule has 0 bridgehead atoms. The molecular weight excluding hydrogens is 459 g/mol. The molecule has 0 aliphatic carbocycles. The monoisotopic (exact) mass is 484 g/mol. The molecule has 5 rings (SSSR count). The van der Waals surface area contributed by atoms with Crippen molar-refractivity contribution in [1.82, 2.24) is 24.9 Å². The van der Waals surface area contributed by atoms with Crippen LogP contribution in [0.1, 0.15) is 11.1 Å². The van der Waals surface area contributed by atoms with E-state index < -0.39 is 18.2 Å². The van der Waals surface area contributed by atoms with E-state index in [0.29, 0.717) is 12.5 Å². The second-order valence-electron chi connectivity index (χ2n) is 8.84. The lowest BCUT2D eigenvalue weighted by Gasteiger charge is -2.40. The van der Waals surface area contributed by atoms with Gasteiger partial charge in [0.05, 0.1) is 0 Å². The Balaban J connectivity index is 1.33. The number of rotatable bonds is 4. The first kappa shape index (κ1) is 22.6. The Morgan fingerprint density at radius 2 is 1.59 bits per heavy atom. The lowest BCUT2D eigenvalue weighted by atomic mass is 10.1. The third-order valence-corrected chi connectivity index (χ3v) is 6.83. The van der Waals surface area contributed by atoms with Crippen molar-refractivity contribution in [1.29, 1.82) is 0 Å². The zero-order chi connectivity index (χ0) is 23.8. The normalized spacial score (nSPS) is 23.1. The fourth-order valence-corrected chi connectivity index (χ4v) is 4.81. The molecule has 3 amide bonds. The van der Waals surface area contributed by atoms with Gasteiger partial charge in [-0.05, 0) is 35.4 Å². The van der Waals surface area contributed by atoms with Crippen LogP contribution in [0.4, 0.5) is 9.18 Å². The number of carbonyl (C=O) groups is 2. The zero-order valence-corrected chi connectivity index (χ0v) is 19.6. The second-order valence-corrected chi connectivity index (χ2v) is 9.27. The van der Waals surface area contributed by atoms with E-state index in [9.17, 15) is 14.0 Å². The quantitative estimate of drug-likeness (QED) is 0.721. The summed E-state index contributed by atoms with van der Waals surface area (Å²) in [4.78, 5) is 37.8. The Hall–Kier alpha value is -3.17. The number of imide groups is 1. The number of nitrogens with zero attached hydrogens (tertiary/aromatic N) is 5. The van der Waals surface area contributed by atoms with Crippen molar-refractivity contribution in [3.63, 3.8) is 0 Å². The van der Waals surface area contributed by atoms with Crippen molar-refractivity contribution in [3.8, 4) is 0 Å². The molecule has 0 spiro atoms. The first-order chi connectivity index (χ1) is 16.4. The van der Waals surface area contributed by atoms with Crippen molar-refractivity contribution in [2.24, 2.45) is 4.99 Å². The topological polar surface area (TPSA) is 71.5 Å². The van der Waals surface area contributed by atoms with E-state index in [1.807, 2.05) is 29.2 Å². The average molecular weight is 485 g/mol. The van der Waals surface area contributed by atoms with Gasteiger partial charge in [-0.15, -0.1) is 0 Å². The van der Waals surface area contributed by atoms with E-state index in [0.717, 1.165) is 43.3 Å². The number of nitrogens with one attached hydrogen (secondary N) is 1. The lowest BCUT2D eigenvalue weighted by molar-refractivity contribution is -0.127. The number of guanidine groups is 1. The predicted molar refractivity (Wildman–Crippen MR) is 127 cm³/mol. The highest BCUT2D eigenvalue weighted by Gasteiger charge is 2.49. The van der Waals surface area contributed by atoms with E-state index >= 15 is 0 Å². The first-order valence-corrected chi connectivity index (χ1v) is 11.6. The molecule has 8 nitrogen and oxygen atoms in total. The Morgan fingerprint density at radius 3 is 2.26 bits per heavy atom. The van der Waals surface area contributed by atoms with Gasteiger partial charge in [0.25, 0.3) is 5.91 Å². The van der Waals surface area contributed by atoms with Gasteiger partial charge >= 0.3 is 6.03 Å². The van der Waals surface area contributed by atoms with Gasteiger partial charge in [-0.3, -0.25) is 15.0 Å². The fourth-order valence-electron chi connectivity index (χ4n) is 4.68. The smallest absolute Gasteiger partial charge is 0.325 e. The molecule has 2 unspecified atom stereocenters. The van der Waals surface area contributed by atoms with Gasteiger partial charge in [0, 0.05) is 51.3 Å². The van der Waals surface area contributed by atoms with E-state index in [4.69, 9.17) is 16.6 Å². The van der Waals surface area contributed by atoms with Crippen LogP contribution in [0.2, 0.25) is 5.02 Å². The Kier molecular flexibility index (Phi) is 6.14. The highest BCUT2D eigenvalue weighted by Crippen LogP contribution is 2.28. The molecule has 178 valence electrons. The minimum Gasteiger partial charge on any atom is -0.340 e. The predicted octanol–water partition coefficient (Wildman–Crippen LogP) is 2.34. The van der Waals surface area contributed by atoms with Crippen molar-refractivity contribution >= 4 is 29.5 Å². The summed E-state index contributed by atoms with van der Waals surface area (Å²) < 4.78 is 13.4. The summed E-state index contributed by atoms with van der Waals surface area (Å²) in [6.07, 6.45) is -0.594. The number of urea groups is 1. The van der Waals surface area contributed by atoms with Crippen LogP contribution in [0.25, 0.3) is 0 Å². The molecule has 3 heterocycles. The molecule has 34 heavy (non-hydrogen) atoms. The molecule has 0 saturated carbocycles. The molecule has 0 radical (unpaired) electrons. The number of likely N-dealkylation sites (N-methyl/N-ethyl adjacent to an activating group) is 1. The number of hydrogen-bond acceptors (Lipinski definition) is 6. The molecule has 10 heteroatoms. The maximum Gasteiger partial charge on any atom is 0.325 e. The summed E-state index contributed by atoms with van der Waals surface area (Å²) in [5.41, 5.74) is 2.07. The van der Waals surface area contributed by atoms with Crippen LogP contribution in [-0.4, -0.2) is 82.9 Å². The number of halogens is 2. The van der Waals surface area contributed by atoms with Crippen molar-refractivity contribution in [3.05, 3.63) is 70.5 Å². The number of carbonyl (C=O) groups excluding carboxylic acids is 2. The molecule has 2 aromatic carbocycles. The SMILES string of the molecule is CN1C(=O)NC(=O)C2C1N=C(N1CCN(Cc3ccc(Cl)cc3)CC1)N2Cc1ccc(F)cc1. The molecule has 2 saturated heterocycles. The maximum atomic E-state index is 13.4. The summed E-state index contributed by atoms with van der Waals surface area (Å²) in [5.74, 6) is 0.0204. The van der Waals surface area contributed by atoms with Gasteiger partial charge < -0.3 is 14.7 Å². The number of piperazine rings is 1. The van der Waals surface area contributed by atoms with Gasteiger partial charge in [-0.25, -0.2) is 14.2 Å². The largest absolute Gasteiger partial charge is 0.340 e. The Morgan fingerprint density at radius 1 is 0.971 bits per heavy atom. The van der Waals surface area contributed by atoms with Crippen LogP contribution in [0, 0.1) is 5.82 Å². The van der Waals surface area contributed by atoms with E-state index in [1.165, 1.54) is 22.6 Å². The highest BCUT2D eigenvalue weighted by molar-refractivity contribution is 6.30. The van der Waals surface area contributed by atoms with Crippen molar-refractivity contribution in [2.45, 2.75) is 25.3 Å². The maximum absolute atomic E-state index is 13.4. The van der Waals surface area contributed by atoms with Crippen LogP contribution in [0.5, 0.6) is 0 Å². The van der Waals surface area contributed by atoms with Crippen LogP contribution in [0.15, 0.2) is 53.5 Å². The van der Waals surface area contributed by atoms with Crippen LogP contribution >= 0.6 is 11.6 Å². The summed E-state index contributed by atoms with van der Waals surface area (Å²) in [5, 5.41) is 3.15. The Bertz CT molecular complexity index is 1100. The van der Waals surface area contributed by atoms with Gasteiger partial charge in [0.2, 0.25) is 0 Å². The fraction of sp³-hybridized carbons (Fsp3) is 0.375. The van der Waals surface area contributed by atoms with Crippen LogP contribution in [-0.2, 0) is 17.9 Å². The number of fused-ring (bicyclic) bond motifs is 1. The van der Waals surface area contributed by atoms with Crippen LogP contribution < -0.4 is 5.32 Å². The third kappa shape index (κ3) is 4.45. The van der Waals surface area contributed by atoms with Gasteiger partial charge in [0.15, 0.2) is 18.2 Å². The molecule has 2 fully saturated rings. The van der Waals surface area contributed by atoms with Gasteiger partial charge in [-0.1, -0.05) is 35.9 Å². The number of hydrogen-bond donors (Lipinski definition) is 1. The van der Waals surface area contributed by atoms with Crippen LogP contribution in [0.3, 0.4) is 0 Å². The van der Waals surface area contributed by atoms with Gasteiger partial charge in [0.1, 0.15) is 5.82 Å². The molecule has 2 aromatic rings. The van der Waals surface area contributed by atoms with E-state index in [2.05, 4.69) is 15.1 Å². The summed E-state index contributed by atoms with van der Waals surface area (Å²) in [7, 11) is 1.64. The summed E-state index contributed by atoms with van der Waals surface area (Å²) in [6, 6.07) is 13.0. The van der Waals surface area contributed by atoms with Crippen molar-refractivity contribution in [2.75, 3.05) is 33.2 Å². The summed E-state index contributed by atoms with van der Waals surface area (Å²) >= 11 is 6.00. The zero-order valence-electron chi connectivity index (χ0n) is 18.8. The van der Waals surface area contributed by atoms with E-state index in [-0.39, 0.29) is 11.7 Å². The number of aliphatic imine (C=N–C) groups is 1. The minimum absolute atomic E-state index is 0.311. The van der Waals surface area contributed by atoms with Gasteiger partial charge in [-0.2, -0.15) is 0 Å². The number of amides is 3. The molecule has 1 N–H and O–H groups in total. The third-order valence-electron chi connectivity index (χ3n) is 6.58. The average Bonchev–Trinajstić information content (AvgIpc) is 3.21. The Labute approximate surface area is 202 Å². The van der Waals surface area contributed by atoms with Crippen molar-refractivity contribution < 1.29 is 14.0 Å². The van der Waals surface area contributed by atoms with E-state index in [1.54, 1.807) is 19.2 Å². The lowest BCUT2D eigenvalue weighted by Crippen LogP contribution is -2.64. The molecule has 0 aromatic heterocycles. The number of benzene rings is 2. The standard InChI is InChI=1S/C24H26ClFN6O2/c1-29-21-20(22(33)28-24(29)34)32(15-17-4-8-19(26)9-5-17)23(27-21)31-12-10-30(11-13-31)14-16-2-6-18(25)7-3-16/h2-9,20-21H,10-15H2,1H3,(H,28,33,34). The molecular formula is C24H26ClFN6O2. The summed E-state index contributed by atoms with van der Waals surface area (Å²) in [6.45, 7) is 4.38. The minimum atomic E-state index is -0.630. The molecule has 2 atom stereocenters. The first-order valence-electron chi connectivity index (χ1n) is 11.3.